The van der Waals surface area contributed by atoms with E-state index < -0.39 is 6.10 Å². The second-order valence-corrected chi connectivity index (χ2v) is 23.4. The second-order valence-electron chi connectivity index (χ2n) is 23.4. The van der Waals surface area contributed by atoms with E-state index in [9.17, 15) is 14.4 Å². The summed E-state index contributed by atoms with van der Waals surface area (Å²) in [6.45, 7) is 6.52. The standard InChI is InChI=1S/C74H132O6/c1-4-7-10-13-16-19-22-25-28-29-30-31-32-33-34-35-36-37-38-39-40-41-42-43-44-45-47-49-52-55-58-61-64-67-73(76)79-70-71(69-78-72(75)66-63-60-57-54-51-48-27-24-21-18-15-12-9-6-3)80-74(77)68-65-62-59-56-53-50-46-26-23-20-17-14-11-8-5-2/h8,11,17,20,24,26-27,29-30,46,53,56,71H,4-7,9-10,12-16,18-19,21-23,25,28,31-45,47-52,54-55,57-70H2,1-3H3/b11-8-,20-17-,27-24-,30-29-,46-26-,56-53-. The van der Waals surface area contributed by atoms with Gasteiger partial charge in [-0.05, 0) is 109 Å². The number of carbonyl (C=O) groups excluding carboxylic acids is 3. The lowest BCUT2D eigenvalue weighted by Crippen LogP contribution is -2.30. The van der Waals surface area contributed by atoms with Gasteiger partial charge >= 0.3 is 17.9 Å². The van der Waals surface area contributed by atoms with E-state index in [4.69, 9.17) is 14.2 Å². The van der Waals surface area contributed by atoms with E-state index in [-0.39, 0.29) is 37.5 Å². The Kier molecular flexibility index (Phi) is 65.7. The van der Waals surface area contributed by atoms with E-state index in [1.807, 2.05) is 0 Å². The van der Waals surface area contributed by atoms with Crippen LogP contribution in [0.1, 0.15) is 361 Å². The minimum absolute atomic E-state index is 0.0918. The summed E-state index contributed by atoms with van der Waals surface area (Å²) < 4.78 is 16.9. The molecule has 0 heterocycles. The molecule has 1 unspecified atom stereocenters. The highest BCUT2D eigenvalue weighted by Gasteiger charge is 2.19. The van der Waals surface area contributed by atoms with Gasteiger partial charge in [0.05, 0.1) is 0 Å². The maximum absolute atomic E-state index is 12.9. The van der Waals surface area contributed by atoms with Crippen LogP contribution in [-0.4, -0.2) is 37.2 Å². The summed E-state index contributed by atoms with van der Waals surface area (Å²) in [6, 6.07) is 0. The molecular formula is C74H132O6. The van der Waals surface area contributed by atoms with Crippen LogP contribution in [0.5, 0.6) is 0 Å². The molecule has 6 heteroatoms. The fraction of sp³-hybridized carbons (Fsp3) is 0.797. The van der Waals surface area contributed by atoms with Gasteiger partial charge in [0, 0.05) is 19.3 Å². The molecule has 0 spiro atoms. The second kappa shape index (κ2) is 68.3. The highest BCUT2D eigenvalue weighted by atomic mass is 16.6. The minimum atomic E-state index is -0.800. The van der Waals surface area contributed by atoms with Crippen LogP contribution in [0.25, 0.3) is 0 Å². The molecule has 0 amide bonds. The Morgan fingerprint density at radius 3 is 0.800 bits per heavy atom. The number of esters is 3. The summed E-state index contributed by atoms with van der Waals surface area (Å²) in [5.41, 5.74) is 0. The van der Waals surface area contributed by atoms with Crippen molar-refractivity contribution < 1.29 is 28.6 Å². The molecule has 0 aromatic heterocycles. The molecular weight excluding hydrogens is 985 g/mol. The predicted octanol–water partition coefficient (Wildman–Crippen LogP) is 24.1. The molecule has 0 aromatic rings. The van der Waals surface area contributed by atoms with Crippen molar-refractivity contribution >= 4 is 17.9 Å². The Morgan fingerprint density at radius 1 is 0.263 bits per heavy atom. The first-order chi connectivity index (χ1) is 39.5. The summed E-state index contributed by atoms with van der Waals surface area (Å²) >= 11 is 0. The van der Waals surface area contributed by atoms with Gasteiger partial charge in [0.1, 0.15) is 13.2 Å². The molecule has 0 fully saturated rings. The Bertz CT molecular complexity index is 1470. The Morgan fingerprint density at radius 2 is 0.487 bits per heavy atom. The Labute approximate surface area is 497 Å². The van der Waals surface area contributed by atoms with Crippen molar-refractivity contribution in [2.75, 3.05) is 13.2 Å². The fourth-order valence-electron chi connectivity index (χ4n) is 10.2. The fourth-order valence-corrected chi connectivity index (χ4v) is 10.2. The third kappa shape index (κ3) is 65.7. The number of hydrogen-bond donors (Lipinski definition) is 0. The van der Waals surface area contributed by atoms with Gasteiger partial charge in [-0.1, -0.05) is 306 Å². The zero-order chi connectivity index (χ0) is 57.8. The summed E-state index contributed by atoms with van der Waals surface area (Å²) in [6.07, 6.45) is 89.6. The van der Waals surface area contributed by atoms with Crippen LogP contribution < -0.4 is 0 Å². The van der Waals surface area contributed by atoms with Gasteiger partial charge in [-0.15, -0.1) is 0 Å². The highest BCUT2D eigenvalue weighted by molar-refractivity contribution is 5.71. The van der Waals surface area contributed by atoms with Gasteiger partial charge in [0.25, 0.3) is 0 Å². The van der Waals surface area contributed by atoms with Crippen LogP contribution in [0.4, 0.5) is 0 Å². The van der Waals surface area contributed by atoms with Crippen LogP contribution in [0, 0.1) is 0 Å². The van der Waals surface area contributed by atoms with Gasteiger partial charge < -0.3 is 14.2 Å². The number of carbonyl (C=O) groups is 3. The lowest BCUT2D eigenvalue weighted by molar-refractivity contribution is -0.167. The molecule has 0 aromatic carbocycles. The van der Waals surface area contributed by atoms with Crippen LogP contribution in [0.2, 0.25) is 0 Å². The molecule has 0 aliphatic heterocycles. The summed E-state index contributed by atoms with van der Waals surface area (Å²) in [5.74, 6) is -0.927. The molecule has 0 aliphatic rings. The van der Waals surface area contributed by atoms with E-state index in [2.05, 4.69) is 93.7 Å². The molecule has 80 heavy (non-hydrogen) atoms. The molecule has 0 bridgehead atoms. The SMILES string of the molecule is CC/C=C\C/C=C\C/C=C\C/C=C\CCCCC(=O)OC(COC(=O)CCCCCCC/C=C\CCCCCCC)COC(=O)CCCCCCCCCCCCCCCCCCCCCCC/C=C\CCCCCCCCCC. The lowest BCUT2D eigenvalue weighted by atomic mass is 10.0. The molecule has 0 aliphatic carbocycles. The van der Waals surface area contributed by atoms with E-state index >= 15 is 0 Å². The van der Waals surface area contributed by atoms with Crippen molar-refractivity contribution in [1.82, 2.24) is 0 Å². The molecule has 6 nitrogen and oxygen atoms in total. The number of hydrogen-bond acceptors (Lipinski definition) is 6. The zero-order valence-electron chi connectivity index (χ0n) is 53.3. The quantitative estimate of drug-likeness (QED) is 0.0261. The van der Waals surface area contributed by atoms with Gasteiger partial charge in [0.15, 0.2) is 6.10 Å². The Balaban J connectivity index is 4.14. The maximum Gasteiger partial charge on any atom is 0.306 e. The van der Waals surface area contributed by atoms with Crippen LogP contribution >= 0.6 is 0 Å². The average Bonchev–Trinajstić information content (AvgIpc) is 3.46. The normalized spacial score (nSPS) is 12.5. The molecule has 0 N–H and O–H groups in total. The van der Waals surface area contributed by atoms with Crippen molar-refractivity contribution in [1.29, 1.82) is 0 Å². The van der Waals surface area contributed by atoms with E-state index in [0.717, 1.165) is 83.5 Å². The van der Waals surface area contributed by atoms with Gasteiger partial charge in [-0.3, -0.25) is 14.4 Å². The largest absolute Gasteiger partial charge is 0.462 e. The number of unbranched alkanes of at least 4 members (excludes halogenated alkanes) is 41. The average molecular weight is 1120 g/mol. The molecule has 0 saturated heterocycles. The van der Waals surface area contributed by atoms with Crippen LogP contribution in [0.15, 0.2) is 72.9 Å². The first-order valence-corrected chi connectivity index (χ1v) is 34.9. The number of ether oxygens (including phenoxy) is 3. The highest BCUT2D eigenvalue weighted by Crippen LogP contribution is 2.18. The summed E-state index contributed by atoms with van der Waals surface area (Å²) in [5, 5.41) is 0. The topological polar surface area (TPSA) is 78.9 Å². The molecule has 0 radical (unpaired) electrons. The van der Waals surface area contributed by atoms with Crippen LogP contribution in [0.3, 0.4) is 0 Å². The van der Waals surface area contributed by atoms with Gasteiger partial charge in [-0.2, -0.15) is 0 Å². The van der Waals surface area contributed by atoms with Crippen LogP contribution in [-0.2, 0) is 28.6 Å². The van der Waals surface area contributed by atoms with Crippen molar-refractivity contribution in [3.63, 3.8) is 0 Å². The number of allylic oxidation sites excluding steroid dienone is 12. The Hall–Kier alpha value is -3.15. The predicted molar refractivity (Wildman–Crippen MR) is 348 cm³/mol. The smallest absolute Gasteiger partial charge is 0.306 e. The minimum Gasteiger partial charge on any atom is -0.462 e. The monoisotopic (exact) mass is 1120 g/mol. The summed E-state index contributed by atoms with van der Waals surface area (Å²) in [7, 11) is 0. The van der Waals surface area contributed by atoms with E-state index in [1.165, 1.54) is 231 Å². The van der Waals surface area contributed by atoms with E-state index in [0.29, 0.717) is 19.3 Å². The van der Waals surface area contributed by atoms with E-state index in [1.54, 1.807) is 0 Å². The van der Waals surface area contributed by atoms with Gasteiger partial charge in [0.2, 0.25) is 0 Å². The first kappa shape index (κ1) is 76.9. The third-order valence-corrected chi connectivity index (χ3v) is 15.4. The van der Waals surface area contributed by atoms with Crippen molar-refractivity contribution in [3.8, 4) is 0 Å². The zero-order valence-corrected chi connectivity index (χ0v) is 53.3. The van der Waals surface area contributed by atoms with Crippen molar-refractivity contribution in [2.45, 2.75) is 367 Å². The van der Waals surface area contributed by atoms with Crippen molar-refractivity contribution in [3.05, 3.63) is 72.9 Å². The number of rotatable bonds is 64. The molecule has 0 rings (SSSR count). The first-order valence-electron chi connectivity index (χ1n) is 34.9. The molecule has 0 saturated carbocycles. The lowest BCUT2D eigenvalue weighted by Gasteiger charge is -2.18. The maximum atomic E-state index is 12.9. The van der Waals surface area contributed by atoms with Crippen molar-refractivity contribution in [2.24, 2.45) is 0 Å². The van der Waals surface area contributed by atoms with Gasteiger partial charge in [-0.25, -0.2) is 0 Å². The molecule has 1 atom stereocenters. The summed E-state index contributed by atoms with van der Waals surface area (Å²) in [4.78, 5) is 38.3. The molecule has 464 valence electrons. The third-order valence-electron chi connectivity index (χ3n) is 15.4.